The second-order valence-corrected chi connectivity index (χ2v) is 5.33. The summed E-state index contributed by atoms with van der Waals surface area (Å²) in [6.07, 6.45) is 6.70. The zero-order valence-corrected chi connectivity index (χ0v) is 12.1. The number of hydrogen-bond donors (Lipinski definition) is 1. The molecule has 1 aliphatic heterocycles. The van der Waals surface area contributed by atoms with E-state index in [0.29, 0.717) is 6.04 Å². The quantitative estimate of drug-likeness (QED) is 0.774. The summed E-state index contributed by atoms with van der Waals surface area (Å²) in [6.45, 7) is 4.43. The molecular formula is C15H24FN3O. The van der Waals surface area contributed by atoms with Crippen molar-refractivity contribution in [2.24, 2.45) is 0 Å². The van der Waals surface area contributed by atoms with Crippen molar-refractivity contribution >= 4 is 0 Å². The molecule has 0 bridgehead atoms. The number of aromatic nitrogens is 1. The smallest absolute Gasteiger partial charge is 0.141 e. The molecule has 2 heterocycles. The molecule has 1 N–H and O–H groups in total. The Hall–Kier alpha value is -1.04. The van der Waals surface area contributed by atoms with Crippen LogP contribution in [0.1, 0.15) is 24.8 Å². The first-order chi connectivity index (χ1) is 9.79. The highest BCUT2D eigenvalue weighted by molar-refractivity contribution is 5.10. The summed E-state index contributed by atoms with van der Waals surface area (Å²) in [5, 5.41) is 3.43. The van der Waals surface area contributed by atoms with Gasteiger partial charge in [-0.1, -0.05) is 6.42 Å². The van der Waals surface area contributed by atoms with E-state index >= 15 is 0 Å². The predicted molar refractivity (Wildman–Crippen MR) is 77.0 cm³/mol. The third-order valence-electron chi connectivity index (χ3n) is 3.76. The maximum atomic E-state index is 13.2. The molecule has 1 fully saturated rings. The van der Waals surface area contributed by atoms with Gasteiger partial charge < -0.3 is 10.1 Å². The molecule has 20 heavy (non-hydrogen) atoms. The first-order valence-corrected chi connectivity index (χ1v) is 7.32. The minimum atomic E-state index is -0.255. The number of hydrogen-bond acceptors (Lipinski definition) is 4. The van der Waals surface area contributed by atoms with Crippen molar-refractivity contribution < 1.29 is 9.13 Å². The van der Waals surface area contributed by atoms with E-state index in [9.17, 15) is 4.39 Å². The van der Waals surface area contributed by atoms with Crippen molar-refractivity contribution in [2.45, 2.75) is 31.8 Å². The van der Waals surface area contributed by atoms with Crippen LogP contribution in [-0.2, 0) is 11.3 Å². The normalized spacial score (nSPS) is 20.2. The van der Waals surface area contributed by atoms with E-state index in [2.05, 4.69) is 15.2 Å². The molecular weight excluding hydrogens is 257 g/mol. The molecule has 4 nitrogen and oxygen atoms in total. The number of halogens is 1. The van der Waals surface area contributed by atoms with Crippen LogP contribution >= 0.6 is 0 Å². The molecule has 0 amide bonds. The van der Waals surface area contributed by atoms with Crippen LogP contribution in [0.2, 0.25) is 0 Å². The molecule has 1 aliphatic rings. The number of piperidine rings is 1. The third kappa shape index (κ3) is 4.81. The molecule has 5 heteroatoms. The Morgan fingerprint density at radius 1 is 1.45 bits per heavy atom. The summed E-state index contributed by atoms with van der Waals surface area (Å²) in [4.78, 5) is 6.36. The molecule has 1 atom stereocenters. The van der Waals surface area contributed by atoms with Gasteiger partial charge in [-0.25, -0.2) is 4.39 Å². The van der Waals surface area contributed by atoms with E-state index < -0.39 is 0 Å². The average Bonchev–Trinajstić information content (AvgIpc) is 2.45. The van der Waals surface area contributed by atoms with Crippen LogP contribution in [0.5, 0.6) is 0 Å². The van der Waals surface area contributed by atoms with Crippen molar-refractivity contribution in [1.82, 2.24) is 15.2 Å². The summed E-state index contributed by atoms with van der Waals surface area (Å²) >= 11 is 0. The second-order valence-electron chi connectivity index (χ2n) is 5.33. The Balaban J connectivity index is 1.86. The van der Waals surface area contributed by atoms with Crippen LogP contribution in [0.25, 0.3) is 0 Å². The largest absolute Gasteiger partial charge is 0.383 e. The molecule has 0 aromatic carbocycles. The molecule has 1 saturated heterocycles. The lowest BCUT2D eigenvalue weighted by atomic mass is 10.0. The van der Waals surface area contributed by atoms with Gasteiger partial charge in [0.2, 0.25) is 0 Å². The minimum Gasteiger partial charge on any atom is -0.383 e. The van der Waals surface area contributed by atoms with E-state index in [1.165, 1.54) is 25.5 Å². The van der Waals surface area contributed by atoms with Gasteiger partial charge in [-0.2, -0.15) is 0 Å². The minimum absolute atomic E-state index is 0.255. The molecule has 0 saturated carbocycles. The lowest BCUT2D eigenvalue weighted by molar-refractivity contribution is 0.133. The predicted octanol–water partition coefficient (Wildman–Crippen LogP) is 1.81. The number of rotatable bonds is 7. The SMILES string of the molecule is COCCNCC1CCCCN1Cc1cncc(F)c1. The highest BCUT2D eigenvalue weighted by Crippen LogP contribution is 2.19. The molecule has 1 aromatic rings. The summed E-state index contributed by atoms with van der Waals surface area (Å²) in [5.74, 6) is -0.255. The molecule has 1 aromatic heterocycles. The van der Waals surface area contributed by atoms with E-state index in [1.807, 2.05) is 0 Å². The Kier molecular flexibility index (Phi) is 6.36. The Morgan fingerprint density at radius 2 is 2.35 bits per heavy atom. The Bertz CT molecular complexity index is 402. The molecule has 0 spiro atoms. The van der Waals surface area contributed by atoms with E-state index in [0.717, 1.165) is 38.3 Å². The number of nitrogens with one attached hydrogen (secondary N) is 1. The van der Waals surface area contributed by atoms with Gasteiger partial charge in [0.15, 0.2) is 0 Å². The van der Waals surface area contributed by atoms with Crippen molar-refractivity contribution in [3.63, 3.8) is 0 Å². The van der Waals surface area contributed by atoms with E-state index in [-0.39, 0.29) is 5.82 Å². The van der Waals surface area contributed by atoms with Gasteiger partial charge in [-0.15, -0.1) is 0 Å². The number of nitrogens with zero attached hydrogens (tertiary/aromatic N) is 2. The van der Waals surface area contributed by atoms with Gasteiger partial charge in [0.1, 0.15) is 5.82 Å². The maximum Gasteiger partial charge on any atom is 0.141 e. The molecule has 0 aliphatic carbocycles. The van der Waals surface area contributed by atoms with Gasteiger partial charge in [0.25, 0.3) is 0 Å². The van der Waals surface area contributed by atoms with Gasteiger partial charge >= 0.3 is 0 Å². The van der Waals surface area contributed by atoms with Gasteiger partial charge in [0, 0.05) is 39.0 Å². The number of methoxy groups -OCH3 is 1. The van der Waals surface area contributed by atoms with Crippen LogP contribution in [0.4, 0.5) is 4.39 Å². The Labute approximate surface area is 120 Å². The lowest BCUT2D eigenvalue weighted by Crippen LogP contribution is -2.45. The first-order valence-electron chi connectivity index (χ1n) is 7.32. The zero-order chi connectivity index (χ0) is 14.2. The van der Waals surface area contributed by atoms with Crippen LogP contribution in [0, 0.1) is 5.82 Å². The van der Waals surface area contributed by atoms with Crippen LogP contribution in [0.3, 0.4) is 0 Å². The van der Waals surface area contributed by atoms with Gasteiger partial charge in [-0.05, 0) is 31.0 Å². The van der Waals surface area contributed by atoms with Crippen LogP contribution in [-0.4, -0.2) is 49.3 Å². The highest BCUT2D eigenvalue weighted by atomic mass is 19.1. The van der Waals surface area contributed by atoms with Crippen molar-refractivity contribution in [2.75, 3.05) is 33.4 Å². The summed E-state index contributed by atoms with van der Waals surface area (Å²) in [6, 6.07) is 2.10. The number of ether oxygens (including phenoxy) is 1. The van der Waals surface area contributed by atoms with Crippen molar-refractivity contribution in [1.29, 1.82) is 0 Å². The molecule has 0 radical (unpaired) electrons. The maximum absolute atomic E-state index is 13.2. The average molecular weight is 281 g/mol. The fraction of sp³-hybridized carbons (Fsp3) is 0.667. The third-order valence-corrected chi connectivity index (χ3v) is 3.76. The fourth-order valence-corrected chi connectivity index (χ4v) is 2.72. The van der Waals surface area contributed by atoms with E-state index in [1.54, 1.807) is 19.4 Å². The van der Waals surface area contributed by atoms with Crippen molar-refractivity contribution in [3.05, 3.63) is 29.8 Å². The van der Waals surface area contributed by atoms with Crippen LogP contribution in [0.15, 0.2) is 18.5 Å². The summed E-state index contributed by atoms with van der Waals surface area (Å²) in [7, 11) is 1.71. The number of likely N-dealkylation sites (tertiary alicyclic amines) is 1. The van der Waals surface area contributed by atoms with Gasteiger partial charge in [0.05, 0.1) is 12.8 Å². The van der Waals surface area contributed by atoms with Gasteiger partial charge in [-0.3, -0.25) is 9.88 Å². The summed E-state index contributed by atoms with van der Waals surface area (Å²) in [5.41, 5.74) is 0.953. The van der Waals surface area contributed by atoms with Crippen LogP contribution < -0.4 is 5.32 Å². The standard InChI is InChI=1S/C15H24FN3O/c1-20-7-5-17-11-15-4-2-3-6-19(15)12-13-8-14(16)10-18-9-13/h8-10,15,17H,2-7,11-12H2,1H3. The second kappa shape index (κ2) is 8.29. The van der Waals surface area contributed by atoms with Crippen molar-refractivity contribution in [3.8, 4) is 0 Å². The zero-order valence-electron chi connectivity index (χ0n) is 12.1. The monoisotopic (exact) mass is 281 g/mol. The Morgan fingerprint density at radius 3 is 3.15 bits per heavy atom. The highest BCUT2D eigenvalue weighted by Gasteiger charge is 2.22. The molecule has 112 valence electrons. The molecule has 1 unspecified atom stereocenters. The topological polar surface area (TPSA) is 37.4 Å². The first kappa shape index (κ1) is 15.4. The lowest BCUT2D eigenvalue weighted by Gasteiger charge is -2.36. The fourth-order valence-electron chi connectivity index (χ4n) is 2.72. The summed E-state index contributed by atoms with van der Waals surface area (Å²) < 4.78 is 18.2. The number of pyridine rings is 1. The molecule has 2 rings (SSSR count). The van der Waals surface area contributed by atoms with E-state index in [4.69, 9.17) is 4.74 Å².